The monoisotopic (exact) mass is 395 g/mol. The summed E-state index contributed by atoms with van der Waals surface area (Å²) in [7, 11) is 1.67. The Hall–Kier alpha value is -2.01. The van der Waals surface area contributed by atoms with Crippen molar-refractivity contribution in [3.63, 3.8) is 0 Å². The van der Waals surface area contributed by atoms with E-state index in [4.69, 9.17) is 4.74 Å². The van der Waals surface area contributed by atoms with Crippen molar-refractivity contribution >= 4 is 6.03 Å². The predicted molar refractivity (Wildman–Crippen MR) is 114 cm³/mol. The Morgan fingerprint density at radius 2 is 2.03 bits per heavy atom. The van der Waals surface area contributed by atoms with Crippen molar-refractivity contribution < 1.29 is 9.53 Å². The largest absolute Gasteiger partial charge is 0.497 e. The molecule has 0 saturated carbocycles. The standard InChI is InChI=1S/C24H33N3O2/c1-29-21-9-7-17(8-10-21)15-25-24(28)27-12-4-5-18-13-19-14-20(23(18)27)16-26-11-3-2-6-22(19)26/h7-10,13,19-20,22-23H,2-6,11-12,14-16H2,1H3,(H,25,28). The third kappa shape index (κ3) is 3.65. The molecule has 156 valence electrons. The van der Waals surface area contributed by atoms with E-state index < -0.39 is 0 Å². The second kappa shape index (κ2) is 8.02. The zero-order chi connectivity index (χ0) is 19.8. The second-order valence-electron chi connectivity index (χ2n) is 9.21. The number of amides is 2. The molecule has 1 aromatic carbocycles. The van der Waals surface area contributed by atoms with Gasteiger partial charge < -0.3 is 15.0 Å². The highest BCUT2D eigenvalue weighted by molar-refractivity contribution is 5.75. The van der Waals surface area contributed by atoms with E-state index in [9.17, 15) is 4.79 Å². The van der Waals surface area contributed by atoms with Gasteiger partial charge in [-0.3, -0.25) is 4.90 Å². The van der Waals surface area contributed by atoms with E-state index in [1.807, 2.05) is 24.3 Å². The highest BCUT2D eigenvalue weighted by Gasteiger charge is 2.46. The van der Waals surface area contributed by atoms with Gasteiger partial charge in [0.05, 0.1) is 13.2 Å². The molecule has 5 rings (SSSR count). The SMILES string of the molecule is COc1ccc(CNC(=O)N2CCCC3=CC4CC(CN5CCCCC45)C32)cc1. The molecule has 5 heteroatoms. The summed E-state index contributed by atoms with van der Waals surface area (Å²) in [6, 6.07) is 9.08. The summed E-state index contributed by atoms with van der Waals surface area (Å²) < 4.78 is 5.22. The van der Waals surface area contributed by atoms with Crippen molar-refractivity contribution in [2.45, 2.75) is 57.2 Å². The number of urea groups is 1. The summed E-state index contributed by atoms with van der Waals surface area (Å²) in [5, 5.41) is 3.17. The van der Waals surface area contributed by atoms with Crippen LogP contribution < -0.4 is 10.1 Å². The molecular weight excluding hydrogens is 362 g/mol. The van der Waals surface area contributed by atoms with Gasteiger partial charge in [-0.05, 0) is 68.2 Å². The van der Waals surface area contributed by atoms with Crippen molar-refractivity contribution in [2.75, 3.05) is 26.7 Å². The summed E-state index contributed by atoms with van der Waals surface area (Å²) in [5.74, 6) is 2.15. The average molecular weight is 396 g/mol. The van der Waals surface area contributed by atoms with Crippen molar-refractivity contribution in [2.24, 2.45) is 11.8 Å². The van der Waals surface area contributed by atoms with Crippen LogP contribution in [0.15, 0.2) is 35.9 Å². The number of hydrogen-bond donors (Lipinski definition) is 1. The third-order valence-corrected chi connectivity index (χ3v) is 7.52. The van der Waals surface area contributed by atoms with Gasteiger partial charge in [-0.15, -0.1) is 0 Å². The Kier molecular flexibility index (Phi) is 5.25. The molecule has 2 amide bonds. The number of nitrogens with one attached hydrogen (secondary N) is 1. The molecule has 4 unspecified atom stereocenters. The fourth-order valence-corrected chi connectivity index (χ4v) is 6.22. The molecule has 4 atom stereocenters. The second-order valence-corrected chi connectivity index (χ2v) is 9.21. The zero-order valence-electron chi connectivity index (χ0n) is 17.5. The number of carbonyl (C=O) groups is 1. The minimum atomic E-state index is 0.0932. The summed E-state index contributed by atoms with van der Waals surface area (Å²) in [5.41, 5.74) is 2.65. The van der Waals surface area contributed by atoms with Crippen molar-refractivity contribution in [3.05, 3.63) is 41.5 Å². The van der Waals surface area contributed by atoms with Gasteiger partial charge in [0.15, 0.2) is 0 Å². The predicted octanol–water partition coefficient (Wildman–Crippen LogP) is 3.80. The molecule has 2 bridgehead atoms. The summed E-state index contributed by atoms with van der Waals surface area (Å²) in [6.07, 6.45) is 10.2. The fraction of sp³-hybridized carbons (Fsp3) is 0.625. The number of piperidine rings is 3. The molecular formula is C24H33N3O2. The molecule has 29 heavy (non-hydrogen) atoms. The lowest BCUT2D eigenvalue weighted by molar-refractivity contribution is 0.00788. The van der Waals surface area contributed by atoms with Gasteiger partial charge in [0.25, 0.3) is 0 Å². The highest BCUT2D eigenvalue weighted by atomic mass is 16.5. The first-order chi connectivity index (χ1) is 14.2. The Bertz CT molecular complexity index is 775. The van der Waals surface area contributed by atoms with E-state index in [0.29, 0.717) is 24.4 Å². The third-order valence-electron chi connectivity index (χ3n) is 7.52. The molecule has 0 aromatic heterocycles. The minimum Gasteiger partial charge on any atom is -0.497 e. The smallest absolute Gasteiger partial charge is 0.318 e. The lowest BCUT2D eigenvalue weighted by Crippen LogP contribution is -2.61. The number of ether oxygens (including phenoxy) is 1. The van der Waals surface area contributed by atoms with Crippen LogP contribution in [0.1, 0.15) is 44.1 Å². The van der Waals surface area contributed by atoms with E-state index in [2.05, 4.69) is 21.2 Å². The quantitative estimate of drug-likeness (QED) is 0.792. The number of fused-ring (bicyclic) bond motifs is 6. The van der Waals surface area contributed by atoms with Crippen molar-refractivity contribution in [1.82, 2.24) is 15.1 Å². The minimum absolute atomic E-state index is 0.0932. The molecule has 1 N–H and O–H groups in total. The van der Waals surface area contributed by atoms with E-state index >= 15 is 0 Å². The van der Waals surface area contributed by atoms with Gasteiger partial charge in [-0.25, -0.2) is 4.79 Å². The average Bonchev–Trinajstić information content (AvgIpc) is 2.77. The van der Waals surface area contributed by atoms with E-state index in [-0.39, 0.29) is 6.03 Å². The van der Waals surface area contributed by atoms with Crippen LogP contribution >= 0.6 is 0 Å². The molecule has 1 aromatic rings. The zero-order valence-corrected chi connectivity index (χ0v) is 17.5. The number of carbonyl (C=O) groups excluding carboxylic acids is 1. The molecule has 0 radical (unpaired) electrons. The fourth-order valence-electron chi connectivity index (χ4n) is 6.22. The summed E-state index contributed by atoms with van der Waals surface area (Å²) in [6.45, 7) is 3.86. The van der Waals surface area contributed by atoms with Crippen LogP contribution in [0.4, 0.5) is 4.79 Å². The molecule has 3 heterocycles. The van der Waals surface area contributed by atoms with Crippen LogP contribution in [0.5, 0.6) is 5.75 Å². The first-order valence-corrected chi connectivity index (χ1v) is 11.3. The Balaban J connectivity index is 1.29. The Morgan fingerprint density at radius 1 is 1.17 bits per heavy atom. The molecule has 4 aliphatic rings. The number of nitrogens with zero attached hydrogens (tertiary/aromatic N) is 2. The van der Waals surface area contributed by atoms with Crippen LogP contribution in [0, 0.1) is 11.8 Å². The van der Waals surface area contributed by atoms with Crippen LogP contribution in [-0.2, 0) is 6.54 Å². The molecule has 3 saturated heterocycles. The molecule has 5 nitrogen and oxygen atoms in total. The maximum Gasteiger partial charge on any atom is 0.318 e. The van der Waals surface area contributed by atoms with Crippen LogP contribution in [0.2, 0.25) is 0 Å². The molecule has 0 spiro atoms. The van der Waals surface area contributed by atoms with Gasteiger partial charge >= 0.3 is 6.03 Å². The number of likely N-dealkylation sites (tertiary alicyclic amines) is 1. The van der Waals surface area contributed by atoms with Gasteiger partial charge in [0, 0.05) is 25.7 Å². The maximum absolute atomic E-state index is 13.1. The van der Waals surface area contributed by atoms with Crippen molar-refractivity contribution in [1.29, 1.82) is 0 Å². The lowest BCUT2D eigenvalue weighted by Gasteiger charge is -2.54. The normalized spacial score (nSPS) is 31.3. The molecule has 3 aliphatic heterocycles. The van der Waals surface area contributed by atoms with Crippen LogP contribution in [-0.4, -0.2) is 54.7 Å². The van der Waals surface area contributed by atoms with Gasteiger partial charge in [0.2, 0.25) is 0 Å². The summed E-state index contributed by atoms with van der Waals surface area (Å²) in [4.78, 5) is 18.0. The summed E-state index contributed by atoms with van der Waals surface area (Å²) >= 11 is 0. The number of benzene rings is 1. The van der Waals surface area contributed by atoms with E-state index in [1.54, 1.807) is 12.7 Å². The number of methoxy groups -OCH3 is 1. The van der Waals surface area contributed by atoms with Crippen LogP contribution in [0.25, 0.3) is 0 Å². The number of rotatable bonds is 3. The molecule has 1 aliphatic carbocycles. The van der Waals surface area contributed by atoms with E-state index in [0.717, 1.165) is 30.3 Å². The first-order valence-electron chi connectivity index (χ1n) is 11.3. The number of hydrogen-bond acceptors (Lipinski definition) is 3. The lowest BCUT2D eigenvalue weighted by atomic mass is 9.68. The van der Waals surface area contributed by atoms with Gasteiger partial charge in [-0.2, -0.15) is 0 Å². The Morgan fingerprint density at radius 3 is 2.86 bits per heavy atom. The molecule has 3 fully saturated rings. The van der Waals surface area contributed by atoms with Gasteiger partial charge in [0.1, 0.15) is 5.75 Å². The maximum atomic E-state index is 13.1. The van der Waals surface area contributed by atoms with Crippen molar-refractivity contribution in [3.8, 4) is 5.75 Å². The highest BCUT2D eigenvalue weighted by Crippen LogP contribution is 2.44. The Labute approximate surface area is 174 Å². The van der Waals surface area contributed by atoms with E-state index in [1.165, 1.54) is 45.2 Å². The topological polar surface area (TPSA) is 44.8 Å². The first kappa shape index (κ1) is 19.0. The van der Waals surface area contributed by atoms with Crippen LogP contribution in [0.3, 0.4) is 0 Å². The van der Waals surface area contributed by atoms with Gasteiger partial charge in [-0.1, -0.05) is 30.2 Å².